The van der Waals surface area contributed by atoms with Gasteiger partial charge in [0.25, 0.3) is 5.91 Å². The van der Waals surface area contributed by atoms with Gasteiger partial charge in [0.15, 0.2) is 9.84 Å². The van der Waals surface area contributed by atoms with Crippen LogP contribution in [0, 0.1) is 0 Å². The van der Waals surface area contributed by atoms with Crippen LogP contribution in [0.3, 0.4) is 0 Å². The van der Waals surface area contributed by atoms with E-state index in [1.54, 1.807) is 55.6 Å². The average Bonchev–Trinajstić information content (AvgIpc) is 3.01. The first kappa shape index (κ1) is 18.0. The van der Waals surface area contributed by atoms with Crippen LogP contribution < -0.4 is 14.4 Å². The van der Waals surface area contributed by atoms with Crippen molar-refractivity contribution in [3.8, 4) is 11.5 Å². The molecule has 0 unspecified atom stereocenters. The van der Waals surface area contributed by atoms with Crippen molar-refractivity contribution in [1.29, 1.82) is 0 Å². The number of anilines is 1. The van der Waals surface area contributed by atoms with Crippen LogP contribution in [0.25, 0.3) is 0 Å². The lowest BCUT2D eigenvalue weighted by Gasteiger charge is -2.28. The van der Waals surface area contributed by atoms with Gasteiger partial charge in [-0.15, -0.1) is 0 Å². The lowest BCUT2D eigenvalue weighted by molar-refractivity contribution is 0.0983. The van der Waals surface area contributed by atoms with Crippen molar-refractivity contribution in [2.24, 2.45) is 0 Å². The summed E-state index contributed by atoms with van der Waals surface area (Å²) >= 11 is 0. The van der Waals surface area contributed by atoms with Gasteiger partial charge in [-0.2, -0.15) is 0 Å². The van der Waals surface area contributed by atoms with E-state index in [4.69, 9.17) is 9.47 Å². The number of carbonyl (C=O) groups excluding carboxylic acids is 1. The minimum absolute atomic E-state index is 0.147. The van der Waals surface area contributed by atoms with Crippen molar-refractivity contribution in [2.45, 2.75) is 6.04 Å². The van der Waals surface area contributed by atoms with E-state index in [1.165, 1.54) is 18.1 Å². The molecule has 0 saturated carbocycles. The Bertz CT molecular complexity index is 935. The summed E-state index contributed by atoms with van der Waals surface area (Å²) in [6.07, 6.45) is 1.54. The number of benzene rings is 2. The molecule has 0 radical (unpaired) electrons. The Labute approximate surface area is 152 Å². The molecule has 2 aromatic rings. The van der Waals surface area contributed by atoms with Gasteiger partial charge in [0.1, 0.15) is 11.5 Å². The summed E-state index contributed by atoms with van der Waals surface area (Å²) in [4.78, 5) is 14.6. The summed E-state index contributed by atoms with van der Waals surface area (Å²) in [7, 11) is -0.231. The molecular weight excluding hydrogens is 354 g/mol. The molecule has 1 amide bonds. The topological polar surface area (TPSA) is 72.9 Å². The molecule has 0 aromatic heterocycles. The van der Waals surface area contributed by atoms with E-state index in [-0.39, 0.29) is 11.7 Å². The minimum Gasteiger partial charge on any atom is -0.497 e. The van der Waals surface area contributed by atoms with Gasteiger partial charge in [-0.1, -0.05) is 6.07 Å². The Hall–Kier alpha value is -2.80. The number of methoxy groups -OCH3 is 2. The summed E-state index contributed by atoms with van der Waals surface area (Å²) < 4.78 is 34.1. The second kappa shape index (κ2) is 7.21. The fourth-order valence-electron chi connectivity index (χ4n) is 2.81. The van der Waals surface area contributed by atoms with Crippen LogP contribution in [0.1, 0.15) is 10.4 Å². The summed E-state index contributed by atoms with van der Waals surface area (Å²) in [6.45, 7) is 0. The first-order valence-corrected chi connectivity index (χ1v) is 9.68. The average molecular weight is 373 g/mol. The van der Waals surface area contributed by atoms with Gasteiger partial charge >= 0.3 is 0 Å². The van der Waals surface area contributed by atoms with Crippen molar-refractivity contribution in [2.75, 3.05) is 24.9 Å². The number of carbonyl (C=O) groups is 1. The number of amides is 1. The zero-order valence-corrected chi connectivity index (χ0v) is 15.3. The quantitative estimate of drug-likeness (QED) is 0.806. The van der Waals surface area contributed by atoms with Crippen LogP contribution >= 0.6 is 0 Å². The number of rotatable bonds is 5. The fourth-order valence-corrected chi connectivity index (χ4v) is 4.08. The van der Waals surface area contributed by atoms with E-state index < -0.39 is 15.9 Å². The molecule has 1 heterocycles. The molecule has 0 aliphatic carbocycles. The van der Waals surface area contributed by atoms with E-state index in [0.717, 1.165) is 5.41 Å². The number of hydrogen-bond acceptors (Lipinski definition) is 5. The smallest absolute Gasteiger partial charge is 0.258 e. The molecular formula is C19H19NO5S. The molecule has 26 heavy (non-hydrogen) atoms. The van der Waals surface area contributed by atoms with Gasteiger partial charge in [-0.3, -0.25) is 4.79 Å². The Morgan fingerprint density at radius 1 is 1.04 bits per heavy atom. The minimum atomic E-state index is -3.32. The molecule has 0 saturated heterocycles. The first-order valence-electron chi connectivity index (χ1n) is 7.96. The SMILES string of the molecule is COc1ccc(C(=O)N(c2cccc(OC)c2)[C@H]2C=CS(=O)(=O)C2)cc1. The normalized spacial score (nSPS) is 17.7. The highest BCUT2D eigenvalue weighted by Crippen LogP contribution is 2.28. The van der Waals surface area contributed by atoms with Crippen molar-refractivity contribution in [3.05, 3.63) is 65.6 Å². The summed E-state index contributed by atoms with van der Waals surface area (Å²) in [5, 5.41) is 1.16. The lowest BCUT2D eigenvalue weighted by Crippen LogP contribution is -2.41. The Morgan fingerprint density at radius 3 is 2.31 bits per heavy atom. The molecule has 7 heteroatoms. The van der Waals surface area contributed by atoms with Gasteiger partial charge in [-0.05, 0) is 42.5 Å². The Balaban J connectivity index is 2.01. The maximum Gasteiger partial charge on any atom is 0.258 e. The molecule has 0 N–H and O–H groups in total. The molecule has 2 aromatic carbocycles. The second-order valence-corrected chi connectivity index (χ2v) is 7.76. The first-order chi connectivity index (χ1) is 12.4. The highest BCUT2D eigenvalue weighted by Gasteiger charge is 2.32. The maximum atomic E-state index is 13.2. The number of sulfone groups is 1. The molecule has 3 rings (SSSR count). The third-order valence-corrected chi connectivity index (χ3v) is 5.51. The molecule has 136 valence electrons. The summed E-state index contributed by atoms with van der Waals surface area (Å²) in [5.41, 5.74) is 1.00. The van der Waals surface area contributed by atoms with Crippen LogP contribution in [0.4, 0.5) is 5.69 Å². The third-order valence-electron chi connectivity index (χ3n) is 4.13. The highest BCUT2D eigenvalue weighted by molar-refractivity contribution is 7.94. The van der Waals surface area contributed by atoms with E-state index in [0.29, 0.717) is 22.7 Å². The van der Waals surface area contributed by atoms with E-state index in [9.17, 15) is 13.2 Å². The molecule has 1 aliphatic rings. The molecule has 1 atom stereocenters. The van der Waals surface area contributed by atoms with E-state index in [2.05, 4.69) is 0 Å². The van der Waals surface area contributed by atoms with Gasteiger partial charge in [0, 0.05) is 22.7 Å². The number of hydrogen-bond donors (Lipinski definition) is 0. The van der Waals surface area contributed by atoms with Crippen LogP contribution in [0.5, 0.6) is 11.5 Å². The van der Waals surface area contributed by atoms with Crippen molar-refractivity contribution in [1.82, 2.24) is 0 Å². The Kier molecular flexibility index (Phi) is 4.99. The fraction of sp³-hybridized carbons (Fsp3) is 0.211. The largest absolute Gasteiger partial charge is 0.497 e. The third kappa shape index (κ3) is 3.72. The van der Waals surface area contributed by atoms with Crippen molar-refractivity contribution >= 4 is 21.4 Å². The predicted molar refractivity (Wildman–Crippen MR) is 99.5 cm³/mol. The van der Waals surface area contributed by atoms with Crippen molar-refractivity contribution < 1.29 is 22.7 Å². The molecule has 0 spiro atoms. The zero-order chi connectivity index (χ0) is 18.7. The number of ether oxygens (including phenoxy) is 2. The van der Waals surface area contributed by atoms with Gasteiger partial charge in [-0.25, -0.2) is 8.42 Å². The molecule has 0 bridgehead atoms. The summed E-state index contributed by atoms with van der Waals surface area (Å²) in [5.74, 6) is 0.775. The zero-order valence-electron chi connectivity index (χ0n) is 14.5. The van der Waals surface area contributed by atoms with Gasteiger partial charge in [0.2, 0.25) is 0 Å². The van der Waals surface area contributed by atoms with Crippen LogP contribution in [0.15, 0.2) is 60.0 Å². The van der Waals surface area contributed by atoms with Gasteiger partial charge < -0.3 is 14.4 Å². The Morgan fingerprint density at radius 2 is 1.73 bits per heavy atom. The maximum absolute atomic E-state index is 13.2. The van der Waals surface area contributed by atoms with Crippen molar-refractivity contribution in [3.63, 3.8) is 0 Å². The van der Waals surface area contributed by atoms with E-state index >= 15 is 0 Å². The van der Waals surface area contributed by atoms with Crippen LogP contribution in [0.2, 0.25) is 0 Å². The monoisotopic (exact) mass is 373 g/mol. The molecule has 1 aliphatic heterocycles. The van der Waals surface area contributed by atoms with Gasteiger partial charge in [0.05, 0.1) is 26.0 Å². The summed E-state index contributed by atoms with van der Waals surface area (Å²) in [6, 6.07) is 13.1. The lowest BCUT2D eigenvalue weighted by atomic mass is 10.1. The highest BCUT2D eigenvalue weighted by atomic mass is 32.2. The standard InChI is InChI=1S/C19H19NO5S/c1-24-17-8-6-14(7-9-17)19(21)20(16-10-11-26(22,23)13-16)15-4-3-5-18(12-15)25-2/h3-12,16H,13H2,1-2H3/t16-/m0/s1. The molecule has 6 nitrogen and oxygen atoms in total. The molecule has 0 fully saturated rings. The van der Waals surface area contributed by atoms with Crippen LogP contribution in [-0.2, 0) is 9.84 Å². The van der Waals surface area contributed by atoms with Crippen LogP contribution in [-0.4, -0.2) is 40.3 Å². The second-order valence-electron chi connectivity index (χ2n) is 5.83. The predicted octanol–water partition coefficient (Wildman–Crippen LogP) is 2.66. The van der Waals surface area contributed by atoms with E-state index in [1.807, 2.05) is 0 Å². The number of nitrogens with zero attached hydrogens (tertiary/aromatic N) is 1.